The monoisotopic (exact) mass is 263 g/mol. The Morgan fingerprint density at radius 3 is 2.81 bits per heavy atom. The number of hydrogen-bond acceptors (Lipinski definition) is 2. The molecule has 0 aliphatic heterocycles. The number of rotatable bonds is 5. The molecule has 0 heterocycles. The molecule has 0 fully saturated rings. The minimum absolute atomic E-state index is 0.0447. The predicted molar refractivity (Wildman–Crippen MR) is 66.4 cm³/mol. The summed E-state index contributed by atoms with van der Waals surface area (Å²) in [5, 5.41) is 0.0642. The summed E-state index contributed by atoms with van der Waals surface area (Å²) >= 11 is 5.63. The van der Waals surface area contributed by atoms with E-state index in [9.17, 15) is 8.60 Å². The van der Waals surface area contributed by atoms with E-state index in [4.69, 9.17) is 17.3 Å². The zero-order chi connectivity index (χ0) is 12.1. The molecule has 0 saturated carbocycles. The first-order chi connectivity index (χ1) is 7.52. The first-order valence-corrected chi connectivity index (χ1v) is 6.94. The average Bonchev–Trinajstić information content (AvgIpc) is 2.23. The Hall–Kier alpha value is -0.450. The summed E-state index contributed by atoms with van der Waals surface area (Å²) in [5.74, 6) is 0.376. The highest BCUT2D eigenvalue weighted by Crippen LogP contribution is 2.17. The van der Waals surface area contributed by atoms with Gasteiger partial charge in [0.15, 0.2) is 0 Å². The second-order valence-electron chi connectivity index (χ2n) is 3.67. The van der Waals surface area contributed by atoms with Crippen LogP contribution in [0.25, 0.3) is 0 Å². The average molecular weight is 264 g/mol. The predicted octanol–water partition coefficient (Wildman–Crippen LogP) is 2.47. The Bertz CT molecular complexity index is 386. The van der Waals surface area contributed by atoms with E-state index < -0.39 is 16.6 Å². The van der Waals surface area contributed by atoms with Gasteiger partial charge in [-0.05, 0) is 24.1 Å². The highest BCUT2D eigenvalue weighted by Gasteiger charge is 2.08. The zero-order valence-corrected chi connectivity index (χ0v) is 10.7. The zero-order valence-electron chi connectivity index (χ0n) is 9.08. The van der Waals surface area contributed by atoms with Crippen LogP contribution < -0.4 is 5.73 Å². The molecule has 0 aliphatic carbocycles. The molecule has 1 aromatic carbocycles. The van der Waals surface area contributed by atoms with E-state index in [1.807, 2.05) is 6.92 Å². The summed E-state index contributed by atoms with van der Waals surface area (Å²) < 4.78 is 24.5. The number of hydrogen-bond donors (Lipinski definition) is 1. The van der Waals surface area contributed by atoms with Crippen molar-refractivity contribution in [2.24, 2.45) is 5.73 Å². The van der Waals surface area contributed by atoms with Crippen molar-refractivity contribution in [3.8, 4) is 0 Å². The summed E-state index contributed by atoms with van der Waals surface area (Å²) in [6.45, 7) is 1.95. The van der Waals surface area contributed by atoms with Crippen molar-refractivity contribution in [2.75, 3.05) is 5.75 Å². The van der Waals surface area contributed by atoms with Crippen LogP contribution in [0, 0.1) is 5.82 Å². The molecule has 1 aromatic rings. The largest absolute Gasteiger partial charge is 0.327 e. The molecule has 2 nitrogen and oxygen atoms in total. The van der Waals surface area contributed by atoms with Gasteiger partial charge in [0.25, 0.3) is 0 Å². The van der Waals surface area contributed by atoms with Crippen LogP contribution in [0.3, 0.4) is 0 Å². The Kier molecular flexibility index (Phi) is 5.38. The van der Waals surface area contributed by atoms with Crippen LogP contribution in [0.2, 0.25) is 5.02 Å². The molecular weight excluding hydrogens is 249 g/mol. The van der Waals surface area contributed by atoms with Gasteiger partial charge in [0.1, 0.15) is 5.82 Å². The normalized spacial score (nSPS) is 14.8. The van der Waals surface area contributed by atoms with E-state index in [1.54, 1.807) is 6.07 Å². The summed E-state index contributed by atoms with van der Waals surface area (Å²) in [7, 11) is -1.02. The van der Waals surface area contributed by atoms with Crippen molar-refractivity contribution in [2.45, 2.75) is 25.1 Å². The van der Waals surface area contributed by atoms with Gasteiger partial charge in [0.05, 0.1) is 5.02 Å². The topological polar surface area (TPSA) is 43.1 Å². The van der Waals surface area contributed by atoms with E-state index in [1.165, 1.54) is 12.1 Å². The van der Waals surface area contributed by atoms with Crippen LogP contribution in [0.4, 0.5) is 4.39 Å². The molecular formula is C11H15ClFNOS. The van der Waals surface area contributed by atoms with Gasteiger partial charge in [-0.1, -0.05) is 24.6 Å². The summed E-state index contributed by atoms with van der Waals surface area (Å²) in [6.07, 6.45) is 0.802. The Morgan fingerprint density at radius 1 is 1.56 bits per heavy atom. The molecule has 0 saturated heterocycles. The van der Waals surface area contributed by atoms with Gasteiger partial charge in [-0.2, -0.15) is 0 Å². The smallest absolute Gasteiger partial charge is 0.141 e. The molecule has 2 N–H and O–H groups in total. The molecule has 1 rings (SSSR count). The molecule has 0 radical (unpaired) electrons. The Balaban J connectivity index is 2.59. The summed E-state index contributed by atoms with van der Waals surface area (Å²) in [5.41, 5.74) is 6.47. The molecule has 0 amide bonds. The van der Waals surface area contributed by atoms with Gasteiger partial charge in [-0.25, -0.2) is 4.39 Å². The molecule has 16 heavy (non-hydrogen) atoms. The lowest BCUT2D eigenvalue weighted by molar-refractivity contribution is 0.627. The van der Waals surface area contributed by atoms with Crippen LogP contribution in [-0.4, -0.2) is 16.0 Å². The number of halogens is 2. The van der Waals surface area contributed by atoms with Crippen molar-refractivity contribution < 1.29 is 8.60 Å². The third-order valence-electron chi connectivity index (χ3n) is 2.24. The van der Waals surface area contributed by atoms with Crippen molar-refractivity contribution in [1.29, 1.82) is 0 Å². The van der Waals surface area contributed by atoms with E-state index in [0.717, 1.165) is 12.0 Å². The summed E-state index contributed by atoms with van der Waals surface area (Å²) in [4.78, 5) is 0. The van der Waals surface area contributed by atoms with Crippen LogP contribution in [0.5, 0.6) is 0 Å². The quantitative estimate of drug-likeness (QED) is 0.887. The van der Waals surface area contributed by atoms with Crippen molar-refractivity contribution in [3.05, 3.63) is 34.6 Å². The van der Waals surface area contributed by atoms with Crippen molar-refractivity contribution >= 4 is 22.4 Å². The molecule has 0 aromatic heterocycles. The lowest BCUT2D eigenvalue weighted by Gasteiger charge is -2.08. The molecule has 2 atom stereocenters. The highest BCUT2D eigenvalue weighted by atomic mass is 35.5. The van der Waals surface area contributed by atoms with Gasteiger partial charge in [-0.15, -0.1) is 0 Å². The van der Waals surface area contributed by atoms with Crippen LogP contribution in [0.1, 0.15) is 18.9 Å². The van der Waals surface area contributed by atoms with Crippen LogP contribution in [0.15, 0.2) is 18.2 Å². The van der Waals surface area contributed by atoms with E-state index >= 15 is 0 Å². The fourth-order valence-corrected chi connectivity index (χ4v) is 2.82. The second kappa shape index (κ2) is 6.33. The first-order valence-electron chi connectivity index (χ1n) is 5.07. The molecule has 0 bridgehead atoms. The molecule has 0 aliphatic rings. The number of benzene rings is 1. The lowest BCUT2D eigenvalue weighted by atomic mass is 10.2. The van der Waals surface area contributed by atoms with Crippen LogP contribution >= 0.6 is 11.6 Å². The second-order valence-corrected chi connectivity index (χ2v) is 5.58. The molecule has 5 heteroatoms. The van der Waals surface area contributed by atoms with Gasteiger partial charge in [0.2, 0.25) is 0 Å². The maximum absolute atomic E-state index is 12.9. The fraction of sp³-hybridized carbons (Fsp3) is 0.455. The van der Waals surface area contributed by atoms with Crippen LogP contribution in [-0.2, 0) is 16.6 Å². The van der Waals surface area contributed by atoms with E-state index in [2.05, 4.69) is 0 Å². The summed E-state index contributed by atoms with van der Waals surface area (Å²) in [6, 6.07) is 4.34. The Labute approximate surface area is 102 Å². The minimum Gasteiger partial charge on any atom is -0.327 e. The highest BCUT2D eigenvalue weighted by molar-refractivity contribution is 7.84. The fourth-order valence-electron chi connectivity index (χ4n) is 1.23. The van der Waals surface area contributed by atoms with E-state index in [0.29, 0.717) is 11.5 Å². The van der Waals surface area contributed by atoms with Gasteiger partial charge in [-0.3, -0.25) is 4.21 Å². The van der Waals surface area contributed by atoms with E-state index in [-0.39, 0.29) is 11.1 Å². The lowest BCUT2D eigenvalue weighted by Crippen LogP contribution is -2.26. The molecule has 0 spiro atoms. The SMILES string of the molecule is CCC(N)CS(=O)Cc1ccc(F)c(Cl)c1. The van der Waals surface area contributed by atoms with Crippen molar-refractivity contribution in [3.63, 3.8) is 0 Å². The third kappa shape index (κ3) is 4.20. The maximum atomic E-state index is 12.9. The third-order valence-corrected chi connectivity index (χ3v) is 3.98. The molecule has 90 valence electrons. The first kappa shape index (κ1) is 13.6. The standard InChI is InChI=1S/C11H15ClFNOS/c1-2-9(14)7-16(15)6-8-3-4-11(13)10(12)5-8/h3-5,9H,2,6-7,14H2,1H3. The Morgan fingerprint density at radius 2 is 2.25 bits per heavy atom. The van der Waals surface area contributed by atoms with Gasteiger partial charge >= 0.3 is 0 Å². The van der Waals surface area contributed by atoms with Gasteiger partial charge in [0, 0.05) is 28.3 Å². The van der Waals surface area contributed by atoms with Crippen molar-refractivity contribution in [1.82, 2.24) is 0 Å². The molecule has 2 unspecified atom stereocenters. The van der Waals surface area contributed by atoms with Gasteiger partial charge < -0.3 is 5.73 Å². The number of nitrogens with two attached hydrogens (primary N) is 1. The minimum atomic E-state index is -1.02. The maximum Gasteiger partial charge on any atom is 0.141 e.